The van der Waals surface area contributed by atoms with Crippen molar-refractivity contribution in [3.05, 3.63) is 63.8 Å². The number of aromatic nitrogens is 3. The highest BCUT2D eigenvalue weighted by Gasteiger charge is 2.28. The molecule has 0 saturated heterocycles. The third kappa shape index (κ3) is 5.91. The molecule has 1 amide bonds. The number of amides is 1. The molecule has 0 fully saturated rings. The van der Waals surface area contributed by atoms with Crippen LogP contribution in [0.1, 0.15) is 64.1 Å². The third-order valence-electron chi connectivity index (χ3n) is 6.27. The van der Waals surface area contributed by atoms with E-state index in [0.717, 1.165) is 46.6 Å². The van der Waals surface area contributed by atoms with Gasteiger partial charge in [-0.15, -0.1) is 28.1 Å². The number of thiophene rings is 1. The summed E-state index contributed by atoms with van der Waals surface area (Å²) in [6.45, 7) is 12.4. The van der Waals surface area contributed by atoms with Crippen molar-refractivity contribution in [1.29, 1.82) is 0 Å². The zero-order chi connectivity index (χ0) is 26.5. The zero-order valence-electron chi connectivity index (χ0n) is 21.6. The summed E-state index contributed by atoms with van der Waals surface area (Å²) in [5.74, 6) is 0.979. The number of hydrogen-bond donors (Lipinski definition) is 1. The first-order valence-corrected chi connectivity index (χ1v) is 14.1. The molecule has 37 heavy (non-hydrogen) atoms. The number of aryl methyl sites for hydroxylation is 2. The number of benzene rings is 1. The van der Waals surface area contributed by atoms with Crippen molar-refractivity contribution in [1.82, 2.24) is 14.8 Å². The zero-order valence-corrected chi connectivity index (χ0v) is 23.3. The average molecular weight is 541 g/mol. The molecule has 1 unspecified atom stereocenters. The van der Waals surface area contributed by atoms with Gasteiger partial charge >= 0.3 is 5.97 Å². The summed E-state index contributed by atoms with van der Waals surface area (Å²) in [5.41, 5.74) is 3.76. The van der Waals surface area contributed by atoms with Crippen LogP contribution in [0.5, 0.6) is 5.75 Å². The summed E-state index contributed by atoms with van der Waals surface area (Å²) >= 11 is 2.75. The Hall–Kier alpha value is -3.11. The number of carbonyl (C=O) groups is 2. The molecule has 0 saturated carbocycles. The summed E-state index contributed by atoms with van der Waals surface area (Å²) in [6, 6.07) is 5.96. The number of hydrogen-bond acceptors (Lipinski definition) is 8. The molecule has 0 aliphatic heterocycles. The molecule has 1 aliphatic carbocycles. The van der Waals surface area contributed by atoms with Gasteiger partial charge in [-0.25, -0.2) is 4.79 Å². The first kappa shape index (κ1) is 26.9. The van der Waals surface area contributed by atoms with Crippen LogP contribution in [0.4, 0.5) is 5.00 Å². The van der Waals surface area contributed by atoms with Gasteiger partial charge in [0.2, 0.25) is 5.91 Å². The van der Waals surface area contributed by atoms with Crippen molar-refractivity contribution in [3.8, 4) is 5.75 Å². The van der Waals surface area contributed by atoms with E-state index in [0.29, 0.717) is 34.7 Å². The van der Waals surface area contributed by atoms with E-state index in [1.807, 2.05) is 43.5 Å². The number of nitrogens with zero attached hydrogens (tertiary/aromatic N) is 3. The first-order chi connectivity index (χ1) is 17.8. The van der Waals surface area contributed by atoms with Crippen LogP contribution >= 0.6 is 23.1 Å². The second kappa shape index (κ2) is 12.0. The quantitative estimate of drug-likeness (QED) is 0.190. The van der Waals surface area contributed by atoms with Crippen LogP contribution in [0.25, 0.3) is 0 Å². The Kier molecular flexibility index (Phi) is 8.71. The molecule has 196 valence electrons. The van der Waals surface area contributed by atoms with Crippen LogP contribution in [0.3, 0.4) is 0 Å². The second-order valence-corrected chi connectivity index (χ2v) is 10.9. The Labute approximate surface area is 225 Å². The molecular weight excluding hydrogens is 508 g/mol. The van der Waals surface area contributed by atoms with Gasteiger partial charge in [0, 0.05) is 11.4 Å². The molecule has 2 heterocycles. The Bertz CT molecular complexity index is 1310. The summed E-state index contributed by atoms with van der Waals surface area (Å²) in [5, 5.41) is 12.8. The fourth-order valence-corrected chi connectivity index (χ4v) is 6.36. The van der Waals surface area contributed by atoms with Crippen molar-refractivity contribution in [2.24, 2.45) is 0 Å². The lowest BCUT2D eigenvalue weighted by Gasteiger charge is -2.18. The molecule has 0 spiro atoms. The van der Waals surface area contributed by atoms with E-state index >= 15 is 0 Å². The Morgan fingerprint density at radius 3 is 2.86 bits per heavy atom. The number of thioether (sulfide) groups is 1. The van der Waals surface area contributed by atoms with Crippen LogP contribution in [0.2, 0.25) is 0 Å². The smallest absolute Gasteiger partial charge is 0.341 e. The van der Waals surface area contributed by atoms with E-state index in [-0.39, 0.29) is 23.7 Å². The normalized spacial score (nSPS) is 13.2. The minimum atomic E-state index is -0.377. The SMILES string of the molecule is C=CCn1c(SCC(=O)Nc2sc3c(c2C(=O)OCC)CCC3)nnc1C(C)Oc1cccc(C)c1C. The van der Waals surface area contributed by atoms with Crippen molar-refractivity contribution < 1.29 is 19.1 Å². The fraction of sp³-hybridized carbons (Fsp3) is 0.407. The summed E-state index contributed by atoms with van der Waals surface area (Å²) in [7, 11) is 0. The summed E-state index contributed by atoms with van der Waals surface area (Å²) in [6.07, 6.45) is 4.19. The molecule has 3 aromatic rings. The number of nitrogens with one attached hydrogen (secondary N) is 1. The standard InChI is InChI=1S/C27H32N4O4S2/c1-6-14-31-24(18(5)35-20-12-8-10-16(3)17(20)4)29-30-27(31)36-15-22(32)28-25-23(26(33)34-7-2)19-11-9-13-21(19)37-25/h6,8,10,12,18H,1,7,9,11,13-15H2,2-5H3,(H,28,32). The third-order valence-corrected chi connectivity index (χ3v) is 8.44. The average Bonchev–Trinajstić information content (AvgIpc) is 3.56. The Balaban J connectivity index is 1.46. The van der Waals surface area contributed by atoms with Gasteiger partial charge in [-0.2, -0.15) is 0 Å². The highest BCUT2D eigenvalue weighted by Crippen LogP contribution is 2.39. The van der Waals surface area contributed by atoms with Crippen molar-refractivity contribution in [3.63, 3.8) is 0 Å². The Morgan fingerprint density at radius 2 is 2.11 bits per heavy atom. The van der Waals surface area contributed by atoms with Crippen LogP contribution in [-0.4, -0.2) is 39.0 Å². The van der Waals surface area contributed by atoms with E-state index in [9.17, 15) is 9.59 Å². The van der Waals surface area contributed by atoms with Crippen molar-refractivity contribution >= 4 is 40.0 Å². The number of rotatable bonds is 11. The first-order valence-electron chi connectivity index (χ1n) is 12.3. The van der Waals surface area contributed by atoms with Gasteiger partial charge in [-0.3, -0.25) is 9.36 Å². The molecular formula is C27H32N4O4S2. The van der Waals surface area contributed by atoms with E-state index < -0.39 is 0 Å². The number of fused-ring (bicyclic) bond motifs is 1. The second-order valence-electron chi connectivity index (χ2n) is 8.82. The van der Waals surface area contributed by atoms with Crippen molar-refractivity contribution in [2.75, 3.05) is 17.7 Å². The molecule has 0 bridgehead atoms. The maximum atomic E-state index is 12.9. The van der Waals surface area contributed by atoms with E-state index in [1.54, 1.807) is 13.0 Å². The largest absolute Gasteiger partial charge is 0.482 e. The molecule has 1 atom stereocenters. The number of anilines is 1. The minimum Gasteiger partial charge on any atom is -0.482 e. The number of carbonyl (C=O) groups excluding carboxylic acids is 2. The lowest BCUT2D eigenvalue weighted by molar-refractivity contribution is -0.113. The molecule has 1 aromatic carbocycles. The van der Waals surface area contributed by atoms with Gasteiger partial charge in [0.15, 0.2) is 17.1 Å². The molecule has 1 N–H and O–H groups in total. The molecule has 0 radical (unpaired) electrons. The van der Waals surface area contributed by atoms with Crippen LogP contribution in [0, 0.1) is 13.8 Å². The highest BCUT2D eigenvalue weighted by atomic mass is 32.2. The highest BCUT2D eigenvalue weighted by molar-refractivity contribution is 7.99. The lowest BCUT2D eigenvalue weighted by Crippen LogP contribution is -2.17. The van der Waals surface area contributed by atoms with Gasteiger partial charge < -0.3 is 14.8 Å². The van der Waals surface area contributed by atoms with Crippen molar-refractivity contribution in [2.45, 2.75) is 64.8 Å². The van der Waals surface area contributed by atoms with E-state index in [4.69, 9.17) is 9.47 Å². The molecule has 1 aliphatic rings. The van der Waals surface area contributed by atoms with Gasteiger partial charge in [0.05, 0.1) is 17.9 Å². The minimum absolute atomic E-state index is 0.117. The number of ether oxygens (including phenoxy) is 2. The molecule has 8 nitrogen and oxygen atoms in total. The lowest BCUT2D eigenvalue weighted by atomic mass is 10.1. The van der Waals surface area contributed by atoms with Gasteiger partial charge in [0.1, 0.15) is 10.8 Å². The number of esters is 1. The van der Waals surface area contributed by atoms with Crippen LogP contribution < -0.4 is 10.1 Å². The summed E-state index contributed by atoms with van der Waals surface area (Å²) in [4.78, 5) is 26.6. The summed E-state index contributed by atoms with van der Waals surface area (Å²) < 4.78 is 13.4. The van der Waals surface area contributed by atoms with Crippen LogP contribution in [-0.2, 0) is 28.9 Å². The maximum absolute atomic E-state index is 12.9. The van der Waals surface area contributed by atoms with Crippen LogP contribution in [0.15, 0.2) is 36.0 Å². The van der Waals surface area contributed by atoms with Gasteiger partial charge in [0.25, 0.3) is 0 Å². The number of allylic oxidation sites excluding steroid dienone is 1. The fourth-order valence-electron chi connectivity index (χ4n) is 4.31. The molecule has 2 aromatic heterocycles. The topological polar surface area (TPSA) is 95.3 Å². The molecule has 10 heteroatoms. The predicted molar refractivity (Wildman–Crippen MR) is 147 cm³/mol. The monoisotopic (exact) mass is 540 g/mol. The molecule has 4 rings (SSSR count). The van der Waals surface area contributed by atoms with E-state index in [2.05, 4.69) is 22.1 Å². The van der Waals surface area contributed by atoms with E-state index in [1.165, 1.54) is 23.1 Å². The maximum Gasteiger partial charge on any atom is 0.341 e. The predicted octanol–water partition coefficient (Wildman–Crippen LogP) is 5.68. The van der Waals surface area contributed by atoms with Gasteiger partial charge in [-0.05, 0) is 69.7 Å². The Morgan fingerprint density at radius 1 is 1.30 bits per heavy atom. The van der Waals surface area contributed by atoms with Gasteiger partial charge in [-0.1, -0.05) is 30.0 Å².